The summed E-state index contributed by atoms with van der Waals surface area (Å²) in [6, 6.07) is 17.7. The van der Waals surface area contributed by atoms with Crippen molar-refractivity contribution in [2.24, 2.45) is 5.73 Å². The van der Waals surface area contributed by atoms with Gasteiger partial charge in [0, 0.05) is 35.7 Å². The van der Waals surface area contributed by atoms with E-state index in [9.17, 15) is 9.59 Å². The molecule has 0 aliphatic heterocycles. The molecule has 0 atom stereocenters. The highest BCUT2D eigenvalue weighted by Crippen LogP contribution is 2.27. The normalized spacial score (nSPS) is 10.5. The van der Waals surface area contributed by atoms with Gasteiger partial charge in [-0.25, -0.2) is 9.36 Å². The van der Waals surface area contributed by atoms with Crippen LogP contribution < -0.4 is 16.0 Å². The first-order valence-electron chi connectivity index (χ1n) is 9.83. The van der Waals surface area contributed by atoms with Crippen LogP contribution in [0.4, 0.5) is 17.1 Å². The van der Waals surface area contributed by atoms with Crippen molar-refractivity contribution in [3.8, 4) is 11.1 Å². The molecule has 8 heteroatoms. The van der Waals surface area contributed by atoms with Crippen LogP contribution >= 0.6 is 0 Å². The van der Waals surface area contributed by atoms with Gasteiger partial charge in [0.05, 0.1) is 24.8 Å². The van der Waals surface area contributed by atoms with Gasteiger partial charge in [-0.05, 0) is 42.0 Å². The fourth-order valence-electron chi connectivity index (χ4n) is 3.34. The zero-order chi connectivity index (χ0) is 22.7. The maximum Gasteiger partial charge on any atom is 0.258 e. The van der Waals surface area contributed by atoms with Gasteiger partial charge in [0.25, 0.3) is 5.91 Å². The van der Waals surface area contributed by atoms with E-state index in [4.69, 9.17) is 12.3 Å². The number of amides is 2. The summed E-state index contributed by atoms with van der Waals surface area (Å²) in [6.07, 6.45) is 3.49. The van der Waals surface area contributed by atoms with E-state index in [2.05, 4.69) is 15.3 Å². The summed E-state index contributed by atoms with van der Waals surface area (Å²) in [5.41, 5.74) is 10.3. The monoisotopic (exact) mass is 424 g/mol. The Morgan fingerprint density at radius 1 is 1.12 bits per heavy atom. The highest BCUT2D eigenvalue weighted by molar-refractivity contribution is 6.06. The number of aromatic nitrogens is 2. The van der Waals surface area contributed by atoms with E-state index in [1.807, 2.05) is 12.1 Å². The lowest BCUT2D eigenvalue weighted by Crippen LogP contribution is -2.26. The van der Waals surface area contributed by atoms with Crippen LogP contribution in [0.2, 0.25) is 0 Å². The summed E-state index contributed by atoms with van der Waals surface area (Å²) in [5, 5.41) is 7.09. The molecule has 0 spiro atoms. The van der Waals surface area contributed by atoms with Crippen LogP contribution in [0.3, 0.4) is 0 Å². The number of nitrogens with one attached hydrogen (secondary N) is 1. The van der Waals surface area contributed by atoms with Gasteiger partial charge in [-0.3, -0.25) is 9.59 Å². The smallest absolute Gasteiger partial charge is 0.258 e. The number of hydrogen-bond acceptors (Lipinski definition) is 4. The van der Waals surface area contributed by atoms with E-state index < -0.39 is 0 Å². The number of hydrogen-bond donors (Lipinski definition) is 2. The number of nitrogens with zero attached hydrogens (tertiary/aromatic N) is 4. The molecule has 0 bridgehead atoms. The number of fused-ring (bicyclic) bond motifs is 1. The summed E-state index contributed by atoms with van der Waals surface area (Å²) in [5.74, 6) is -0.431. The van der Waals surface area contributed by atoms with Gasteiger partial charge in [0.2, 0.25) is 5.91 Å². The molecule has 8 nitrogen and oxygen atoms in total. The Bertz CT molecular complexity index is 1330. The SMILES string of the molecule is [C-]#[N+]c1ccc(N(C)C(=O)c2ccn3ncc(-c4ccc(NC(=O)CN)cc4)c3c2)cc1. The Morgan fingerprint density at radius 3 is 2.50 bits per heavy atom. The second kappa shape index (κ2) is 8.71. The number of pyridine rings is 1. The van der Waals surface area contributed by atoms with Gasteiger partial charge in [-0.2, -0.15) is 5.10 Å². The van der Waals surface area contributed by atoms with Gasteiger partial charge in [0.1, 0.15) is 0 Å². The molecule has 2 amide bonds. The lowest BCUT2D eigenvalue weighted by molar-refractivity contribution is -0.114. The zero-order valence-electron chi connectivity index (χ0n) is 17.3. The Labute approximate surface area is 184 Å². The van der Waals surface area contributed by atoms with E-state index >= 15 is 0 Å². The molecular formula is C24H20N6O2. The molecule has 158 valence electrons. The fourth-order valence-corrected chi connectivity index (χ4v) is 3.34. The van der Waals surface area contributed by atoms with Crippen molar-refractivity contribution in [3.05, 3.63) is 90.0 Å². The Balaban J connectivity index is 1.63. The van der Waals surface area contributed by atoms with Crippen molar-refractivity contribution in [3.63, 3.8) is 0 Å². The summed E-state index contributed by atoms with van der Waals surface area (Å²) >= 11 is 0. The Morgan fingerprint density at radius 2 is 1.84 bits per heavy atom. The molecule has 0 saturated heterocycles. The number of carbonyl (C=O) groups is 2. The van der Waals surface area contributed by atoms with Gasteiger partial charge >= 0.3 is 0 Å². The topological polar surface area (TPSA) is 97.1 Å². The van der Waals surface area contributed by atoms with Crippen molar-refractivity contribution in [1.82, 2.24) is 9.61 Å². The van der Waals surface area contributed by atoms with Gasteiger partial charge < -0.3 is 16.0 Å². The van der Waals surface area contributed by atoms with Crippen LogP contribution in [-0.2, 0) is 4.79 Å². The van der Waals surface area contributed by atoms with Crippen LogP contribution in [0.25, 0.3) is 21.5 Å². The summed E-state index contributed by atoms with van der Waals surface area (Å²) in [7, 11) is 1.70. The highest BCUT2D eigenvalue weighted by atomic mass is 16.2. The van der Waals surface area contributed by atoms with E-state index in [1.165, 1.54) is 0 Å². The third-order valence-electron chi connectivity index (χ3n) is 5.10. The minimum absolute atomic E-state index is 0.0786. The second-order valence-electron chi connectivity index (χ2n) is 7.13. The van der Waals surface area contributed by atoms with E-state index in [1.54, 1.807) is 77.4 Å². The minimum Gasteiger partial charge on any atom is -0.325 e. The second-order valence-corrected chi connectivity index (χ2v) is 7.13. The van der Waals surface area contributed by atoms with Crippen LogP contribution in [0.15, 0.2) is 73.1 Å². The standard InChI is InChI=1S/C24H20N6O2/c1-26-18-7-9-20(10-8-18)29(2)24(32)17-11-12-30-22(13-17)21(15-27-30)16-3-5-19(6-4-16)28-23(31)14-25/h3-13,15H,14,25H2,2H3,(H,28,31). The number of carbonyl (C=O) groups excluding carboxylic acids is 2. The third-order valence-corrected chi connectivity index (χ3v) is 5.10. The fraction of sp³-hybridized carbons (Fsp3) is 0.0833. The number of benzene rings is 2. The van der Waals surface area contributed by atoms with E-state index in [0.29, 0.717) is 22.6 Å². The average molecular weight is 424 g/mol. The van der Waals surface area contributed by atoms with Gasteiger partial charge in [0.15, 0.2) is 5.69 Å². The molecule has 0 aliphatic rings. The Kier molecular flexibility index (Phi) is 5.66. The van der Waals surface area contributed by atoms with Crippen LogP contribution in [0, 0.1) is 6.57 Å². The van der Waals surface area contributed by atoms with Crippen molar-refractivity contribution in [1.29, 1.82) is 0 Å². The summed E-state index contributed by atoms with van der Waals surface area (Å²) < 4.78 is 1.71. The van der Waals surface area contributed by atoms with Crippen LogP contribution in [0.5, 0.6) is 0 Å². The molecular weight excluding hydrogens is 404 g/mol. The third kappa shape index (κ3) is 4.05. The predicted molar refractivity (Wildman–Crippen MR) is 124 cm³/mol. The molecule has 0 saturated carbocycles. The molecule has 0 unspecified atom stereocenters. The number of rotatable bonds is 5. The lowest BCUT2D eigenvalue weighted by Gasteiger charge is -2.17. The summed E-state index contributed by atoms with van der Waals surface area (Å²) in [4.78, 5) is 29.5. The maximum atomic E-state index is 13.1. The molecule has 0 fully saturated rings. The van der Waals surface area contributed by atoms with Crippen molar-refractivity contribution in [2.75, 3.05) is 23.8 Å². The Hall–Kier alpha value is -4.48. The largest absolute Gasteiger partial charge is 0.325 e. The molecule has 32 heavy (non-hydrogen) atoms. The first kappa shape index (κ1) is 20.8. The average Bonchev–Trinajstić information content (AvgIpc) is 3.27. The lowest BCUT2D eigenvalue weighted by atomic mass is 10.1. The van der Waals surface area contributed by atoms with Crippen molar-refractivity contribution >= 4 is 34.4 Å². The van der Waals surface area contributed by atoms with Crippen LogP contribution in [-0.4, -0.2) is 35.0 Å². The number of anilines is 2. The molecule has 3 N–H and O–H groups in total. The zero-order valence-corrected chi connectivity index (χ0v) is 17.3. The highest BCUT2D eigenvalue weighted by Gasteiger charge is 2.16. The summed E-state index contributed by atoms with van der Waals surface area (Å²) in [6.45, 7) is 6.98. The molecule has 0 aliphatic carbocycles. The quantitative estimate of drug-likeness (QED) is 0.477. The molecule has 2 aromatic carbocycles. The van der Waals surface area contributed by atoms with Crippen LogP contribution in [0.1, 0.15) is 10.4 Å². The van der Waals surface area contributed by atoms with Gasteiger partial charge in [-0.1, -0.05) is 24.3 Å². The first-order valence-corrected chi connectivity index (χ1v) is 9.83. The maximum absolute atomic E-state index is 13.1. The number of nitrogens with two attached hydrogens (primary N) is 1. The molecule has 2 aromatic heterocycles. The van der Waals surface area contributed by atoms with Crippen molar-refractivity contribution in [2.45, 2.75) is 0 Å². The van der Waals surface area contributed by atoms with E-state index in [-0.39, 0.29) is 18.4 Å². The first-order chi connectivity index (χ1) is 15.5. The molecule has 4 rings (SSSR count). The van der Waals surface area contributed by atoms with Crippen molar-refractivity contribution < 1.29 is 9.59 Å². The molecule has 4 aromatic rings. The van der Waals surface area contributed by atoms with E-state index in [0.717, 1.165) is 16.6 Å². The molecule has 2 heterocycles. The molecule has 0 radical (unpaired) electrons. The minimum atomic E-state index is -0.260. The van der Waals surface area contributed by atoms with Gasteiger partial charge in [-0.15, -0.1) is 0 Å². The predicted octanol–water partition coefficient (Wildman–Crippen LogP) is 3.73.